The van der Waals surface area contributed by atoms with E-state index in [0.29, 0.717) is 32.4 Å². The number of hydrogen-bond acceptors (Lipinski definition) is 3. The molecular weight excluding hydrogens is 254 g/mol. The molecule has 0 saturated heterocycles. The van der Waals surface area contributed by atoms with Gasteiger partial charge < -0.3 is 11.1 Å². The summed E-state index contributed by atoms with van der Waals surface area (Å²) in [4.78, 5) is 14.6. The molecule has 0 aromatic heterocycles. The Labute approximate surface area is 119 Å². The fraction of sp³-hybridized carbons (Fsp3) is 0.500. The Hall–Kier alpha value is -2.04. The lowest BCUT2D eigenvalue weighted by molar-refractivity contribution is -0.124. The van der Waals surface area contributed by atoms with Gasteiger partial charge in [0, 0.05) is 11.5 Å². The monoisotopic (exact) mass is 275 g/mol. The third kappa shape index (κ3) is 4.57. The number of benzene rings is 1. The van der Waals surface area contributed by atoms with E-state index in [-0.39, 0.29) is 5.91 Å². The first-order valence-corrected chi connectivity index (χ1v) is 6.74. The number of azide groups is 1. The second-order valence-electron chi connectivity index (χ2n) is 4.70. The molecule has 1 atom stereocenters. The van der Waals surface area contributed by atoms with E-state index >= 15 is 0 Å². The summed E-state index contributed by atoms with van der Waals surface area (Å²) in [6.45, 7) is 2.93. The van der Waals surface area contributed by atoms with Crippen LogP contribution in [0.3, 0.4) is 0 Å². The number of primary amides is 1. The van der Waals surface area contributed by atoms with Crippen molar-refractivity contribution < 1.29 is 4.79 Å². The molecule has 0 heterocycles. The minimum atomic E-state index is -0.752. The smallest absolute Gasteiger partial charge is 0.238 e. The molecule has 1 amide bonds. The number of carbonyl (C=O) groups excluding carboxylic acids is 1. The Kier molecular flexibility index (Phi) is 6.56. The fourth-order valence-corrected chi connectivity index (χ4v) is 2.13. The Morgan fingerprint density at radius 1 is 1.45 bits per heavy atom. The lowest BCUT2D eigenvalue weighted by Gasteiger charge is -2.31. The predicted molar refractivity (Wildman–Crippen MR) is 79.0 cm³/mol. The number of rotatable bonds is 9. The molecule has 0 radical (unpaired) electrons. The first kappa shape index (κ1) is 16.0. The maximum Gasteiger partial charge on any atom is 0.238 e. The highest BCUT2D eigenvalue weighted by atomic mass is 16.1. The molecule has 108 valence electrons. The van der Waals surface area contributed by atoms with Gasteiger partial charge in [0.1, 0.15) is 5.54 Å². The van der Waals surface area contributed by atoms with E-state index in [1.54, 1.807) is 0 Å². The molecule has 1 aromatic carbocycles. The van der Waals surface area contributed by atoms with Gasteiger partial charge in [-0.25, -0.2) is 0 Å². The summed E-state index contributed by atoms with van der Waals surface area (Å²) in [6.07, 6.45) is 1.84. The van der Waals surface area contributed by atoms with Crippen LogP contribution in [0.1, 0.15) is 25.3 Å². The van der Waals surface area contributed by atoms with E-state index in [2.05, 4.69) is 15.3 Å². The molecular formula is C14H21N5O. The number of nitrogens with one attached hydrogen (secondary N) is 1. The molecule has 3 N–H and O–H groups in total. The molecule has 1 aromatic rings. The third-order valence-corrected chi connectivity index (χ3v) is 3.39. The Balaban J connectivity index is 2.70. The molecule has 6 heteroatoms. The van der Waals surface area contributed by atoms with E-state index in [0.717, 1.165) is 5.56 Å². The standard InChI is InChI=1S/C14H21N5O/c1-2-14(13(15)20,17-9-6-10-18-19-16)11-12-7-4-3-5-8-12/h3-5,7-8,17H,2,6,9-11H2,1H3,(H2,15,20). The Morgan fingerprint density at radius 2 is 2.15 bits per heavy atom. The number of nitrogens with two attached hydrogens (primary N) is 1. The zero-order chi connectivity index (χ0) is 14.8. The van der Waals surface area contributed by atoms with E-state index in [9.17, 15) is 4.79 Å². The zero-order valence-electron chi connectivity index (χ0n) is 11.7. The molecule has 6 nitrogen and oxygen atoms in total. The number of carbonyl (C=O) groups is 1. The Morgan fingerprint density at radius 3 is 2.70 bits per heavy atom. The van der Waals surface area contributed by atoms with Crippen LogP contribution in [0.5, 0.6) is 0 Å². The summed E-state index contributed by atoms with van der Waals surface area (Å²) in [5.41, 5.74) is 14.1. The normalized spacial score (nSPS) is 13.2. The molecule has 0 aliphatic rings. The van der Waals surface area contributed by atoms with Gasteiger partial charge in [0.2, 0.25) is 5.91 Å². The highest BCUT2D eigenvalue weighted by molar-refractivity contribution is 5.85. The van der Waals surface area contributed by atoms with Gasteiger partial charge in [0.15, 0.2) is 0 Å². The van der Waals surface area contributed by atoms with Gasteiger partial charge in [-0.1, -0.05) is 42.4 Å². The van der Waals surface area contributed by atoms with Crippen LogP contribution in [0.25, 0.3) is 10.4 Å². The SMILES string of the molecule is CCC(Cc1ccccc1)(NCCCN=[N+]=[N-])C(N)=O. The van der Waals surface area contributed by atoms with Crippen LogP contribution in [0.4, 0.5) is 0 Å². The number of amides is 1. The van der Waals surface area contributed by atoms with Crippen molar-refractivity contribution in [3.63, 3.8) is 0 Å². The Bertz CT molecular complexity index is 470. The fourth-order valence-electron chi connectivity index (χ4n) is 2.13. The summed E-state index contributed by atoms with van der Waals surface area (Å²) >= 11 is 0. The van der Waals surface area contributed by atoms with E-state index in [4.69, 9.17) is 11.3 Å². The van der Waals surface area contributed by atoms with Crippen LogP contribution in [0.15, 0.2) is 35.4 Å². The van der Waals surface area contributed by atoms with Gasteiger partial charge in [-0.15, -0.1) is 0 Å². The van der Waals surface area contributed by atoms with E-state index in [1.165, 1.54) is 0 Å². The highest BCUT2D eigenvalue weighted by Gasteiger charge is 2.33. The average Bonchev–Trinajstić information content (AvgIpc) is 2.46. The lowest BCUT2D eigenvalue weighted by Crippen LogP contribution is -2.57. The van der Waals surface area contributed by atoms with Crippen LogP contribution in [0, 0.1) is 0 Å². The summed E-state index contributed by atoms with van der Waals surface area (Å²) in [5, 5.41) is 6.70. The lowest BCUT2D eigenvalue weighted by atomic mass is 9.87. The van der Waals surface area contributed by atoms with Gasteiger partial charge in [-0.3, -0.25) is 4.79 Å². The first-order chi connectivity index (χ1) is 9.64. The maximum atomic E-state index is 11.9. The summed E-state index contributed by atoms with van der Waals surface area (Å²) in [6, 6.07) is 9.79. The van der Waals surface area contributed by atoms with Crippen LogP contribution in [-0.4, -0.2) is 24.5 Å². The van der Waals surface area contributed by atoms with Crippen molar-refractivity contribution in [3.8, 4) is 0 Å². The van der Waals surface area contributed by atoms with Crippen molar-refractivity contribution in [3.05, 3.63) is 46.3 Å². The van der Waals surface area contributed by atoms with Crippen molar-refractivity contribution >= 4 is 5.91 Å². The molecule has 1 unspecified atom stereocenters. The molecule has 0 aliphatic carbocycles. The molecule has 0 saturated carbocycles. The number of hydrogen-bond donors (Lipinski definition) is 2. The van der Waals surface area contributed by atoms with Gasteiger partial charge in [0.05, 0.1) is 0 Å². The van der Waals surface area contributed by atoms with Gasteiger partial charge in [0.25, 0.3) is 0 Å². The van der Waals surface area contributed by atoms with E-state index in [1.807, 2.05) is 37.3 Å². The quantitative estimate of drug-likeness (QED) is 0.312. The first-order valence-electron chi connectivity index (χ1n) is 6.74. The second kappa shape index (κ2) is 8.19. The third-order valence-electron chi connectivity index (χ3n) is 3.39. The van der Waals surface area contributed by atoms with Crippen LogP contribution in [-0.2, 0) is 11.2 Å². The van der Waals surface area contributed by atoms with Crippen molar-refractivity contribution in [1.82, 2.24) is 5.32 Å². The minimum absolute atomic E-state index is 0.354. The molecule has 0 fully saturated rings. The summed E-state index contributed by atoms with van der Waals surface area (Å²) in [7, 11) is 0. The van der Waals surface area contributed by atoms with Crippen LogP contribution < -0.4 is 11.1 Å². The largest absolute Gasteiger partial charge is 0.368 e. The van der Waals surface area contributed by atoms with Crippen molar-refractivity contribution in [2.75, 3.05) is 13.1 Å². The van der Waals surface area contributed by atoms with Crippen molar-refractivity contribution in [2.45, 2.75) is 31.7 Å². The highest BCUT2D eigenvalue weighted by Crippen LogP contribution is 2.17. The zero-order valence-corrected chi connectivity index (χ0v) is 11.7. The predicted octanol–water partition coefficient (Wildman–Crippen LogP) is 2.15. The van der Waals surface area contributed by atoms with E-state index < -0.39 is 5.54 Å². The maximum absolute atomic E-state index is 11.9. The molecule has 0 spiro atoms. The summed E-state index contributed by atoms with van der Waals surface area (Å²) < 4.78 is 0. The molecule has 1 rings (SSSR count). The molecule has 0 bridgehead atoms. The molecule has 0 aliphatic heterocycles. The second-order valence-corrected chi connectivity index (χ2v) is 4.70. The van der Waals surface area contributed by atoms with Crippen molar-refractivity contribution in [1.29, 1.82) is 0 Å². The average molecular weight is 275 g/mol. The topological polar surface area (TPSA) is 104 Å². The van der Waals surface area contributed by atoms with Gasteiger partial charge in [-0.05, 0) is 36.9 Å². The van der Waals surface area contributed by atoms with Crippen LogP contribution in [0.2, 0.25) is 0 Å². The van der Waals surface area contributed by atoms with Gasteiger partial charge in [-0.2, -0.15) is 0 Å². The summed E-state index contributed by atoms with van der Waals surface area (Å²) in [5.74, 6) is -0.354. The minimum Gasteiger partial charge on any atom is -0.368 e. The van der Waals surface area contributed by atoms with Gasteiger partial charge >= 0.3 is 0 Å². The number of nitrogens with zero attached hydrogens (tertiary/aromatic N) is 3. The molecule has 20 heavy (non-hydrogen) atoms. The van der Waals surface area contributed by atoms with Crippen molar-refractivity contribution in [2.24, 2.45) is 10.8 Å². The van der Waals surface area contributed by atoms with Crippen LogP contribution >= 0.6 is 0 Å².